The minimum Gasteiger partial charge on any atom is -0.354 e. The monoisotopic (exact) mass is 567 g/mol. The molecule has 1 aromatic carbocycles. The molecule has 42 heavy (non-hydrogen) atoms. The van der Waals surface area contributed by atoms with Crippen molar-refractivity contribution in [3.05, 3.63) is 75.5 Å². The van der Waals surface area contributed by atoms with Gasteiger partial charge in [0, 0.05) is 61.1 Å². The maximum Gasteiger partial charge on any atom is 0.253 e. The molecule has 3 aromatic heterocycles. The van der Waals surface area contributed by atoms with E-state index < -0.39 is 0 Å². The van der Waals surface area contributed by atoms with Gasteiger partial charge >= 0.3 is 0 Å². The molecule has 4 aromatic rings. The van der Waals surface area contributed by atoms with E-state index in [1.54, 1.807) is 0 Å². The molecule has 220 valence electrons. The van der Waals surface area contributed by atoms with Crippen LogP contribution in [0.15, 0.2) is 47.5 Å². The van der Waals surface area contributed by atoms with Gasteiger partial charge in [0.25, 0.3) is 11.5 Å². The number of nitrogens with one attached hydrogen (secondary N) is 2. The zero-order chi connectivity index (χ0) is 29.2. The maximum absolute atomic E-state index is 13.8. The van der Waals surface area contributed by atoms with E-state index in [-0.39, 0.29) is 18.0 Å². The Morgan fingerprint density at radius 3 is 2.55 bits per heavy atom. The number of H-pyrrole nitrogens is 1. The lowest BCUT2D eigenvalue weighted by Gasteiger charge is -2.33. The second kappa shape index (κ2) is 12.1. The van der Waals surface area contributed by atoms with Gasteiger partial charge in [-0.1, -0.05) is 26.2 Å². The highest BCUT2D eigenvalue weighted by atomic mass is 16.1. The summed E-state index contributed by atoms with van der Waals surface area (Å²) in [5, 5.41) is 8.66. The minimum atomic E-state index is -0.211. The lowest BCUT2D eigenvalue weighted by molar-refractivity contribution is 0.0952. The van der Waals surface area contributed by atoms with Crippen molar-refractivity contribution in [3.8, 4) is 11.1 Å². The van der Waals surface area contributed by atoms with E-state index in [9.17, 15) is 9.59 Å². The van der Waals surface area contributed by atoms with Crippen LogP contribution in [0.3, 0.4) is 0 Å². The summed E-state index contributed by atoms with van der Waals surface area (Å²) in [6.45, 7) is 8.13. The summed E-state index contributed by atoms with van der Waals surface area (Å²) in [6, 6.07) is 10.6. The SMILES string of the molecule is CCCc1cc(C)[nH]c(=O)c1CNC(=O)c1cc(-c2ccc(N3CCN(C)CC3)nc2)cc2c1cnn2C1CCCC1. The molecule has 2 aliphatic rings. The summed E-state index contributed by atoms with van der Waals surface area (Å²) in [7, 11) is 2.15. The molecule has 1 aliphatic heterocycles. The van der Waals surface area contributed by atoms with Gasteiger partial charge in [0.05, 0.1) is 23.3 Å². The molecule has 0 bridgehead atoms. The van der Waals surface area contributed by atoms with E-state index in [2.05, 4.69) is 57.0 Å². The number of aryl methyl sites for hydroxylation is 2. The number of hydrogen-bond donors (Lipinski definition) is 2. The number of aromatic nitrogens is 4. The number of hydrogen-bond acceptors (Lipinski definition) is 6. The first-order valence-electron chi connectivity index (χ1n) is 15.3. The van der Waals surface area contributed by atoms with Crippen LogP contribution in [0.5, 0.6) is 0 Å². The summed E-state index contributed by atoms with van der Waals surface area (Å²) in [5.41, 5.74) is 5.72. The number of pyridine rings is 2. The summed E-state index contributed by atoms with van der Waals surface area (Å²) >= 11 is 0. The van der Waals surface area contributed by atoms with Crippen LogP contribution in [0.1, 0.15) is 72.2 Å². The van der Waals surface area contributed by atoms with Crippen molar-refractivity contribution in [3.63, 3.8) is 0 Å². The van der Waals surface area contributed by atoms with Crippen LogP contribution in [-0.2, 0) is 13.0 Å². The van der Waals surface area contributed by atoms with Crippen molar-refractivity contribution < 1.29 is 4.79 Å². The Morgan fingerprint density at radius 1 is 1.05 bits per heavy atom. The van der Waals surface area contributed by atoms with Crippen LogP contribution >= 0.6 is 0 Å². The third-order valence-corrected chi connectivity index (χ3v) is 8.85. The molecule has 4 heterocycles. The molecule has 2 fully saturated rings. The quantitative estimate of drug-likeness (QED) is 0.316. The minimum absolute atomic E-state index is 0.141. The van der Waals surface area contributed by atoms with Crippen molar-refractivity contribution in [2.24, 2.45) is 0 Å². The van der Waals surface area contributed by atoms with Gasteiger partial charge in [0.1, 0.15) is 5.82 Å². The standard InChI is InChI=1S/C33H41N7O2/c1-4-7-23-16-22(2)37-33(42)28(23)20-35-32(41)27-17-25(18-30-29(27)21-36-40(30)26-8-5-6-9-26)24-10-11-31(34-19-24)39-14-12-38(3)13-15-39/h10-11,16-19,21,26H,4-9,12-15,20H2,1-3H3,(H,35,41)(H,37,42). The second-order valence-corrected chi connectivity index (χ2v) is 11.9. The Kier molecular flexibility index (Phi) is 8.11. The molecule has 1 saturated heterocycles. The van der Waals surface area contributed by atoms with Gasteiger partial charge in [0.15, 0.2) is 0 Å². The maximum atomic E-state index is 13.8. The van der Waals surface area contributed by atoms with Gasteiger partial charge in [-0.2, -0.15) is 5.10 Å². The number of fused-ring (bicyclic) bond motifs is 1. The fourth-order valence-electron chi connectivity index (χ4n) is 6.45. The third-order valence-electron chi connectivity index (χ3n) is 8.85. The predicted molar refractivity (Wildman–Crippen MR) is 167 cm³/mol. The topological polar surface area (TPSA) is 99.2 Å². The van der Waals surface area contributed by atoms with Gasteiger partial charge in [-0.05, 0) is 74.7 Å². The molecule has 0 unspecified atom stereocenters. The number of rotatable bonds is 8. The molecule has 9 nitrogen and oxygen atoms in total. The van der Waals surface area contributed by atoms with Crippen molar-refractivity contribution in [2.45, 2.75) is 65.0 Å². The number of benzene rings is 1. The average Bonchev–Trinajstić information content (AvgIpc) is 3.67. The van der Waals surface area contributed by atoms with E-state index >= 15 is 0 Å². The normalized spacial score (nSPS) is 16.4. The van der Waals surface area contributed by atoms with Crippen LogP contribution < -0.4 is 15.8 Å². The van der Waals surface area contributed by atoms with Gasteiger partial charge in [-0.15, -0.1) is 0 Å². The molecule has 6 rings (SSSR count). The number of nitrogens with zero attached hydrogens (tertiary/aromatic N) is 5. The Bertz CT molecular complexity index is 1620. The molecule has 1 amide bonds. The van der Waals surface area contributed by atoms with E-state index in [1.807, 2.05) is 31.5 Å². The van der Waals surface area contributed by atoms with Crippen molar-refractivity contribution in [2.75, 3.05) is 38.1 Å². The lowest BCUT2D eigenvalue weighted by Crippen LogP contribution is -2.44. The predicted octanol–water partition coefficient (Wildman–Crippen LogP) is 4.84. The fraction of sp³-hybridized carbons (Fsp3) is 0.455. The zero-order valence-electron chi connectivity index (χ0n) is 24.9. The van der Waals surface area contributed by atoms with Crippen molar-refractivity contribution >= 4 is 22.6 Å². The van der Waals surface area contributed by atoms with E-state index in [1.165, 1.54) is 12.8 Å². The molecule has 0 atom stereocenters. The van der Waals surface area contributed by atoms with Crippen LogP contribution in [-0.4, -0.2) is 63.8 Å². The number of anilines is 1. The van der Waals surface area contributed by atoms with Crippen LogP contribution in [0.4, 0.5) is 5.82 Å². The van der Waals surface area contributed by atoms with Crippen molar-refractivity contribution in [1.82, 2.24) is 30.0 Å². The Hall–Kier alpha value is -3.98. The summed E-state index contributed by atoms with van der Waals surface area (Å²) < 4.78 is 2.11. The first-order valence-corrected chi connectivity index (χ1v) is 15.3. The molecule has 1 saturated carbocycles. The van der Waals surface area contributed by atoms with E-state index in [0.29, 0.717) is 17.2 Å². The van der Waals surface area contributed by atoms with E-state index in [0.717, 1.165) is 91.0 Å². The largest absolute Gasteiger partial charge is 0.354 e. The highest BCUT2D eigenvalue weighted by molar-refractivity contribution is 6.08. The third kappa shape index (κ3) is 5.70. The van der Waals surface area contributed by atoms with Gasteiger partial charge < -0.3 is 20.1 Å². The van der Waals surface area contributed by atoms with Crippen LogP contribution in [0.2, 0.25) is 0 Å². The number of amides is 1. The summed E-state index contributed by atoms with van der Waals surface area (Å²) in [5.74, 6) is 0.769. The number of piperazine rings is 1. The van der Waals surface area contributed by atoms with E-state index in [4.69, 9.17) is 10.1 Å². The summed E-state index contributed by atoms with van der Waals surface area (Å²) in [6.07, 6.45) is 10.0. The molecule has 2 N–H and O–H groups in total. The zero-order valence-corrected chi connectivity index (χ0v) is 24.9. The van der Waals surface area contributed by atoms with Crippen molar-refractivity contribution in [1.29, 1.82) is 0 Å². The highest BCUT2D eigenvalue weighted by Crippen LogP contribution is 2.35. The smallest absolute Gasteiger partial charge is 0.253 e. The van der Waals surface area contributed by atoms with Crippen LogP contribution in [0, 0.1) is 6.92 Å². The highest BCUT2D eigenvalue weighted by Gasteiger charge is 2.23. The first-order chi connectivity index (χ1) is 20.4. The molecule has 1 aliphatic carbocycles. The lowest BCUT2D eigenvalue weighted by atomic mass is 10.00. The Balaban J connectivity index is 1.34. The molecule has 9 heteroatoms. The van der Waals surface area contributed by atoms with Gasteiger partial charge in [-0.25, -0.2) is 4.98 Å². The Labute approximate surface area is 246 Å². The average molecular weight is 568 g/mol. The number of carbonyl (C=O) groups excluding carboxylic acids is 1. The number of carbonyl (C=O) groups is 1. The van der Waals surface area contributed by atoms with Gasteiger partial charge in [-0.3, -0.25) is 14.3 Å². The number of aromatic amines is 1. The van der Waals surface area contributed by atoms with Gasteiger partial charge in [0.2, 0.25) is 0 Å². The first kappa shape index (κ1) is 28.2. The van der Waals surface area contributed by atoms with Crippen LogP contribution in [0.25, 0.3) is 22.0 Å². The summed E-state index contributed by atoms with van der Waals surface area (Å²) in [4.78, 5) is 39.0. The molecule has 0 spiro atoms. The second-order valence-electron chi connectivity index (χ2n) is 11.9. The fourth-order valence-corrected chi connectivity index (χ4v) is 6.45. The number of likely N-dealkylation sites (N-methyl/N-ethyl adjacent to an activating group) is 1. The molecular weight excluding hydrogens is 526 g/mol. The Morgan fingerprint density at radius 2 is 1.83 bits per heavy atom. The molecule has 0 radical (unpaired) electrons. The molecular formula is C33H41N7O2.